The standard InChI is InChI=1S/C10H11ClN2O4/c11-6-3-7(12-4-6)9(14)13-1-2-17-5-8(13)10(15)16/h3-4,8,12H,1-2,5H2,(H,15,16). The topological polar surface area (TPSA) is 82.6 Å². The molecule has 1 fully saturated rings. The number of aromatic amines is 1. The molecule has 0 aromatic carbocycles. The van der Waals surface area contributed by atoms with Gasteiger partial charge in [-0.3, -0.25) is 4.79 Å². The van der Waals surface area contributed by atoms with Gasteiger partial charge in [-0.1, -0.05) is 11.6 Å². The van der Waals surface area contributed by atoms with Gasteiger partial charge in [-0.2, -0.15) is 0 Å². The Balaban J connectivity index is 2.19. The molecule has 1 unspecified atom stereocenters. The van der Waals surface area contributed by atoms with Gasteiger partial charge < -0.3 is 19.7 Å². The molecule has 6 nitrogen and oxygen atoms in total. The summed E-state index contributed by atoms with van der Waals surface area (Å²) in [4.78, 5) is 27.0. The fourth-order valence-corrected chi connectivity index (χ4v) is 1.86. The number of carboxylic acids is 1. The third-order valence-electron chi connectivity index (χ3n) is 2.55. The Morgan fingerprint density at radius 2 is 2.35 bits per heavy atom. The van der Waals surface area contributed by atoms with E-state index in [4.69, 9.17) is 21.4 Å². The molecule has 1 aromatic rings. The fraction of sp³-hybridized carbons (Fsp3) is 0.400. The number of carbonyl (C=O) groups is 2. The van der Waals surface area contributed by atoms with E-state index in [9.17, 15) is 9.59 Å². The van der Waals surface area contributed by atoms with Gasteiger partial charge in [-0.05, 0) is 6.07 Å². The molecule has 7 heteroatoms. The third-order valence-corrected chi connectivity index (χ3v) is 2.77. The first-order valence-electron chi connectivity index (χ1n) is 5.05. The zero-order valence-electron chi connectivity index (χ0n) is 8.85. The lowest BCUT2D eigenvalue weighted by atomic mass is 10.2. The summed E-state index contributed by atoms with van der Waals surface area (Å²) in [6, 6.07) is 0.525. The van der Waals surface area contributed by atoms with Gasteiger partial charge in [0, 0.05) is 12.7 Å². The van der Waals surface area contributed by atoms with Crippen molar-refractivity contribution in [1.29, 1.82) is 0 Å². The number of nitrogens with one attached hydrogen (secondary N) is 1. The lowest BCUT2D eigenvalue weighted by molar-refractivity contribution is -0.147. The van der Waals surface area contributed by atoms with Crippen LogP contribution in [-0.2, 0) is 9.53 Å². The Hall–Kier alpha value is -1.53. The molecule has 2 heterocycles. The summed E-state index contributed by atoms with van der Waals surface area (Å²) >= 11 is 5.70. The molecule has 1 aromatic heterocycles. The van der Waals surface area contributed by atoms with Gasteiger partial charge in [0.05, 0.1) is 18.2 Å². The maximum Gasteiger partial charge on any atom is 0.328 e. The molecule has 0 radical (unpaired) electrons. The summed E-state index contributed by atoms with van der Waals surface area (Å²) in [7, 11) is 0. The Bertz CT molecular complexity index is 445. The molecule has 0 aliphatic carbocycles. The molecule has 1 aliphatic heterocycles. The van der Waals surface area contributed by atoms with Crippen molar-refractivity contribution in [1.82, 2.24) is 9.88 Å². The second-order valence-electron chi connectivity index (χ2n) is 3.66. The number of carbonyl (C=O) groups excluding carboxylic acids is 1. The van der Waals surface area contributed by atoms with Gasteiger partial charge in [0.15, 0.2) is 6.04 Å². The van der Waals surface area contributed by atoms with Crippen LogP contribution in [0, 0.1) is 0 Å². The maximum atomic E-state index is 12.0. The van der Waals surface area contributed by atoms with Crippen LogP contribution in [0.1, 0.15) is 10.5 Å². The number of aromatic nitrogens is 1. The SMILES string of the molecule is O=C(O)C1COCCN1C(=O)c1cc(Cl)c[nH]1. The van der Waals surface area contributed by atoms with E-state index in [0.717, 1.165) is 0 Å². The summed E-state index contributed by atoms with van der Waals surface area (Å²) in [6.07, 6.45) is 1.48. The number of halogens is 1. The Kier molecular flexibility index (Phi) is 3.35. The summed E-state index contributed by atoms with van der Waals surface area (Å²) in [5, 5.41) is 9.41. The van der Waals surface area contributed by atoms with Crippen LogP contribution in [0.3, 0.4) is 0 Å². The van der Waals surface area contributed by atoms with Gasteiger partial charge >= 0.3 is 5.97 Å². The van der Waals surface area contributed by atoms with Crippen LogP contribution in [-0.4, -0.2) is 52.7 Å². The fourth-order valence-electron chi connectivity index (χ4n) is 1.70. The molecule has 0 spiro atoms. The quantitative estimate of drug-likeness (QED) is 0.814. The van der Waals surface area contributed by atoms with Crippen LogP contribution < -0.4 is 0 Å². The molecule has 2 rings (SSSR count). The lowest BCUT2D eigenvalue weighted by Gasteiger charge is -2.32. The number of H-pyrrole nitrogens is 1. The minimum Gasteiger partial charge on any atom is -0.480 e. The zero-order valence-corrected chi connectivity index (χ0v) is 9.61. The second kappa shape index (κ2) is 4.77. The van der Waals surface area contributed by atoms with Crippen LogP contribution in [0.15, 0.2) is 12.3 Å². The first-order chi connectivity index (χ1) is 8.09. The van der Waals surface area contributed by atoms with Gasteiger partial charge in [-0.25, -0.2) is 4.79 Å². The van der Waals surface area contributed by atoms with E-state index in [1.807, 2.05) is 0 Å². The van der Waals surface area contributed by atoms with Crippen LogP contribution in [0.25, 0.3) is 0 Å². The van der Waals surface area contributed by atoms with Crippen LogP contribution in [0.2, 0.25) is 5.02 Å². The minimum absolute atomic E-state index is 0.00944. The highest BCUT2D eigenvalue weighted by Gasteiger charge is 2.33. The molecule has 1 amide bonds. The lowest BCUT2D eigenvalue weighted by Crippen LogP contribution is -2.52. The molecule has 0 saturated carbocycles. The van der Waals surface area contributed by atoms with E-state index in [1.54, 1.807) is 0 Å². The molecule has 17 heavy (non-hydrogen) atoms. The van der Waals surface area contributed by atoms with Crippen molar-refractivity contribution in [3.63, 3.8) is 0 Å². The highest BCUT2D eigenvalue weighted by molar-refractivity contribution is 6.31. The molecular weight excluding hydrogens is 248 g/mol. The number of ether oxygens (including phenoxy) is 1. The highest BCUT2D eigenvalue weighted by atomic mass is 35.5. The van der Waals surface area contributed by atoms with Gasteiger partial charge in [-0.15, -0.1) is 0 Å². The number of nitrogens with zero attached hydrogens (tertiary/aromatic N) is 1. The minimum atomic E-state index is -1.07. The predicted molar refractivity (Wildman–Crippen MR) is 59.1 cm³/mol. The van der Waals surface area contributed by atoms with Crippen molar-refractivity contribution in [2.75, 3.05) is 19.8 Å². The summed E-state index contributed by atoms with van der Waals surface area (Å²) in [5.41, 5.74) is 0.281. The van der Waals surface area contributed by atoms with Gasteiger partial charge in [0.2, 0.25) is 0 Å². The van der Waals surface area contributed by atoms with Crippen molar-refractivity contribution >= 4 is 23.5 Å². The summed E-state index contributed by atoms with van der Waals surface area (Å²) in [6.45, 7) is 0.603. The van der Waals surface area contributed by atoms with E-state index in [-0.39, 0.29) is 24.8 Å². The number of aliphatic carboxylic acids is 1. The maximum absolute atomic E-state index is 12.0. The van der Waals surface area contributed by atoms with Crippen molar-refractivity contribution in [2.24, 2.45) is 0 Å². The Labute approximate surface area is 102 Å². The number of rotatable bonds is 2. The summed E-state index contributed by atoms with van der Waals surface area (Å²) in [5.74, 6) is -1.46. The van der Waals surface area contributed by atoms with Crippen LogP contribution in [0.4, 0.5) is 0 Å². The first kappa shape index (κ1) is 11.9. The highest BCUT2D eigenvalue weighted by Crippen LogP contribution is 2.15. The van der Waals surface area contributed by atoms with Gasteiger partial charge in [0.25, 0.3) is 5.91 Å². The summed E-state index contributed by atoms with van der Waals surface area (Å²) < 4.78 is 5.05. The molecular formula is C10H11ClN2O4. The smallest absolute Gasteiger partial charge is 0.328 e. The van der Waals surface area contributed by atoms with Crippen LogP contribution in [0.5, 0.6) is 0 Å². The largest absolute Gasteiger partial charge is 0.480 e. The Morgan fingerprint density at radius 3 is 2.94 bits per heavy atom. The molecule has 1 atom stereocenters. The second-order valence-corrected chi connectivity index (χ2v) is 4.10. The normalized spacial score (nSPS) is 20.3. The van der Waals surface area contributed by atoms with Crippen molar-refractivity contribution in [2.45, 2.75) is 6.04 Å². The average Bonchev–Trinajstić information content (AvgIpc) is 2.75. The molecule has 1 aliphatic rings. The molecule has 92 valence electrons. The van der Waals surface area contributed by atoms with E-state index < -0.39 is 12.0 Å². The van der Waals surface area contributed by atoms with Crippen molar-refractivity contribution < 1.29 is 19.4 Å². The van der Waals surface area contributed by atoms with Gasteiger partial charge in [0.1, 0.15) is 5.69 Å². The number of amides is 1. The Morgan fingerprint density at radius 1 is 1.59 bits per heavy atom. The van der Waals surface area contributed by atoms with E-state index >= 15 is 0 Å². The van der Waals surface area contributed by atoms with Crippen LogP contribution >= 0.6 is 11.6 Å². The predicted octanol–water partition coefficient (Wildman–Crippen LogP) is 0.594. The molecule has 2 N–H and O–H groups in total. The molecule has 1 saturated heterocycles. The van der Waals surface area contributed by atoms with E-state index in [1.165, 1.54) is 17.2 Å². The number of hydrogen-bond donors (Lipinski definition) is 2. The zero-order chi connectivity index (χ0) is 12.4. The van der Waals surface area contributed by atoms with E-state index in [2.05, 4.69) is 4.98 Å². The number of hydrogen-bond acceptors (Lipinski definition) is 3. The number of carboxylic acid groups (broad SMARTS) is 1. The third kappa shape index (κ3) is 2.42. The monoisotopic (exact) mass is 258 g/mol. The molecule has 0 bridgehead atoms. The first-order valence-corrected chi connectivity index (χ1v) is 5.43. The van der Waals surface area contributed by atoms with Crippen molar-refractivity contribution in [3.05, 3.63) is 23.0 Å². The van der Waals surface area contributed by atoms with E-state index in [0.29, 0.717) is 11.6 Å². The number of morpholine rings is 1. The van der Waals surface area contributed by atoms with Crippen molar-refractivity contribution in [3.8, 4) is 0 Å². The average molecular weight is 259 g/mol.